The zero-order valence-corrected chi connectivity index (χ0v) is 16.0. The summed E-state index contributed by atoms with van der Waals surface area (Å²) in [5.41, 5.74) is 2.51. The summed E-state index contributed by atoms with van der Waals surface area (Å²) in [6.45, 7) is 1.80. The summed E-state index contributed by atoms with van der Waals surface area (Å²) in [5.74, 6) is -0.875. The molecule has 0 spiro atoms. The van der Waals surface area contributed by atoms with E-state index in [2.05, 4.69) is 26.3 Å². The number of nitrogens with zero attached hydrogens (tertiary/aromatic N) is 2. The molecule has 0 saturated carbocycles. The Labute approximate surface area is 163 Å². The number of benzene rings is 2. The molecule has 2 aromatic carbocycles. The van der Waals surface area contributed by atoms with Gasteiger partial charge in [-0.3, -0.25) is 9.59 Å². The summed E-state index contributed by atoms with van der Waals surface area (Å²) in [7, 11) is 0. The third-order valence-corrected chi connectivity index (χ3v) is 5.15. The number of hydrogen-bond acceptors (Lipinski definition) is 3. The van der Waals surface area contributed by atoms with E-state index in [0.29, 0.717) is 28.3 Å². The maximum Gasteiger partial charge on any atom is 0.226 e. The van der Waals surface area contributed by atoms with E-state index in [-0.39, 0.29) is 23.9 Å². The number of carbonyl (C=O) groups excluding carboxylic acids is 2. The van der Waals surface area contributed by atoms with E-state index in [4.69, 9.17) is 0 Å². The second-order valence-electron chi connectivity index (χ2n) is 6.41. The summed E-state index contributed by atoms with van der Waals surface area (Å²) in [4.78, 5) is 25.4. The van der Waals surface area contributed by atoms with Crippen LogP contribution in [-0.4, -0.2) is 21.5 Å². The van der Waals surface area contributed by atoms with Crippen LogP contribution >= 0.6 is 15.9 Å². The normalized spacial score (nSPS) is 16.0. The van der Waals surface area contributed by atoms with Gasteiger partial charge in [0.2, 0.25) is 5.91 Å². The summed E-state index contributed by atoms with van der Waals surface area (Å²) in [6, 6.07) is 12.9. The van der Waals surface area contributed by atoms with Gasteiger partial charge in [-0.2, -0.15) is 5.10 Å². The number of fused-ring (bicyclic) bond motifs is 1. The Morgan fingerprint density at radius 1 is 1.19 bits per heavy atom. The number of carbonyl (C=O) groups is 2. The minimum absolute atomic E-state index is 0.0673. The predicted molar refractivity (Wildman–Crippen MR) is 103 cm³/mol. The number of aromatic nitrogens is 2. The molecule has 0 fully saturated rings. The monoisotopic (exact) mass is 427 g/mol. The van der Waals surface area contributed by atoms with Gasteiger partial charge in [-0.15, -0.1) is 0 Å². The SMILES string of the molecule is Cc1nn(-c2ccc(F)cc2)c2c1[C@@H](C(=O)c1ccc(Br)cc1)CC(=O)N2. The molecule has 0 unspecified atom stereocenters. The van der Waals surface area contributed by atoms with E-state index < -0.39 is 5.92 Å². The van der Waals surface area contributed by atoms with Crippen molar-refractivity contribution < 1.29 is 14.0 Å². The van der Waals surface area contributed by atoms with Crippen LogP contribution in [0.4, 0.5) is 10.2 Å². The van der Waals surface area contributed by atoms with Gasteiger partial charge < -0.3 is 5.32 Å². The van der Waals surface area contributed by atoms with Crippen molar-refractivity contribution in [1.82, 2.24) is 9.78 Å². The second kappa shape index (κ2) is 6.74. The van der Waals surface area contributed by atoms with Crippen LogP contribution < -0.4 is 5.32 Å². The Kier molecular flexibility index (Phi) is 4.39. The van der Waals surface area contributed by atoms with Crippen molar-refractivity contribution in [3.8, 4) is 5.69 Å². The summed E-state index contributed by atoms with van der Waals surface area (Å²) in [5, 5.41) is 7.30. The molecule has 2 heterocycles. The average Bonchev–Trinajstić information content (AvgIpc) is 2.98. The lowest BCUT2D eigenvalue weighted by molar-refractivity contribution is -0.116. The van der Waals surface area contributed by atoms with Crippen LogP contribution in [0.3, 0.4) is 0 Å². The van der Waals surface area contributed by atoms with Crippen LogP contribution in [-0.2, 0) is 4.79 Å². The van der Waals surface area contributed by atoms with E-state index in [1.54, 1.807) is 48.0 Å². The van der Waals surface area contributed by atoms with Crippen molar-refractivity contribution in [3.63, 3.8) is 0 Å². The molecule has 1 N–H and O–H groups in total. The van der Waals surface area contributed by atoms with Crippen LogP contribution in [0.25, 0.3) is 5.69 Å². The van der Waals surface area contributed by atoms with Crippen LogP contribution in [0, 0.1) is 12.7 Å². The predicted octanol–water partition coefficient (Wildman–Crippen LogP) is 4.39. The maximum absolute atomic E-state index is 13.2. The Balaban J connectivity index is 1.80. The first-order valence-corrected chi connectivity index (χ1v) is 9.18. The Bertz CT molecular complexity index is 1040. The highest BCUT2D eigenvalue weighted by Gasteiger charge is 2.36. The third kappa shape index (κ3) is 3.19. The Morgan fingerprint density at radius 2 is 1.85 bits per heavy atom. The van der Waals surface area contributed by atoms with Gasteiger partial charge >= 0.3 is 0 Å². The zero-order valence-electron chi connectivity index (χ0n) is 14.4. The fourth-order valence-electron chi connectivity index (χ4n) is 3.36. The molecular formula is C20H15BrFN3O2. The summed E-state index contributed by atoms with van der Waals surface area (Å²) >= 11 is 3.36. The van der Waals surface area contributed by atoms with Gasteiger partial charge in [0.05, 0.1) is 17.3 Å². The van der Waals surface area contributed by atoms with E-state index in [0.717, 1.165) is 4.47 Å². The molecule has 27 heavy (non-hydrogen) atoms. The first-order valence-electron chi connectivity index (χ1n) is 8.39. The number of nitrogens with one attached hydrogen (secondary N) is 1. The molecule has 1 amide bonds. The lowest BCUT2D eigenvalue weighted by Gasteiger charge is -2.23. The van der Waals surface area contributed by atoms with Crippen LogP contribution in [0.2, 0.25) is 0 Å². The molecule has 3 aromatic rings. The average molecular weight is 428 g/mol. The quantitative estimate of drug-likeness (QED) is 0.630. The van der Waals surface area contributed by atoms with Gasteiger partial charge in [0, 0.05) is 22.0 Å². The fraction of sp³-hybridized carbons (Fsp3) is 0.150. The molecule has 0 saturated heterocycles. The molecule has 1 atom stereocenters. The largest absolute Gasteiger partial charge is 0.310 e. The second-order valence-corrected chi connectivity index (χ2v) is 7.33. The number of aryl methyl sites for hydroxylation is 1. The van der Waals surface area contributed by atoms with Gasteiger partial charge in [-0.05, 0) is 43.3 Å². The molecule has 1 aliphatic rings. The van der Waals surface area contributed by atoms with E-state index in [9.17, 15) is 14.0 Å². The molecule has 0 bridgehead atoms. The smallest absolute Gasteiger partial charge is 0.226 e. The van der Waals surface area contributed by atoms with Gasteiger partial charge in [0.1, 0.15) is 11.6 Å². The number of halogens is 2. The zero-order chi connectivity index (χ0) is 19.1. The number of hydrogen-bond donors (Lipinski definition) is 1. The lowest BCUT2D eigenvalue weighted by atomic mass is 9.85. The molecule has 7 heteroatoms. The lowest BCUT2D eigenvalue weighted by Crippen LogP contribution is -2.28. The molecule has 0 radical (unpaired) electrons. The van der Waals surface area contributed by atoms with E-state index in [1.165, 1.54) is 12.1 Å². The van der Waals surface area contributed by atoms with Crippen molar-refractivity contribution in [2.24, 2.45) is 0 Å². The van der Waals surface area contributed by atoms with Crippen molar-refractivity contribution in [2.75, 3.05) is 5.32 Å². The number of rotatable bonds is 3. The van der Waals surface area contributed by atoms with E-state index >= 15 is 0 Å². The number of ketones is 1. The number of anilines is 1. The molecule has 1 aliphatic heterocycles. The van der Waals surface area contributed by atoms with Crippen LogP contribution in [0.5, 0.6) is 0 Å². The molecule has 136 valence electrons. The standard InChI is InChI=1S/C20H15BrFN3O2/c1-11-18-16(19(27)12-2-4-13(21)5-3-12)10-17(26)23-20(18)25(24-11)15-8-6-14(22)7-9-15/h2-9,16H,10H2,1H3,(H,23,26)/t16-/m0/s1. The summed E-state index contributed by atoms with van der Waals surface area (Å²) < 4.78 is 15.7. The summed E-state index contributed by atoms with van der Waals surface area (Å²) in [6.07, 6.45) is 0.0673. The topological polar surface area (TPSA) is 64.0 Å². The third-order valence-electron chi connectivity index (χ3n) is 4.62. The molecular weight excluding hydrogens is 413 g/mol. The molecule has 0 aliphatic carbocycles. The van der Waals surface area contributed by atoms with E-state index in [1.807, 2.05) is 0 Å². The van der Waals surface area contributed by atoms with Crippen LogP contribution in [0.1, 0.15) is 34.0 Å². The highest BCUT2D eigenvalue weighted by Crippen LogP contribution is 2.38. The Hall–Kier alpha value is -2.80. The van der Waals surface area contributed by atoms with Gasteiger partial charge in [0.15, 0.2) is 5.78 Å². The first-order chi connectivity index (χ1) is 12.9. The van der Waals surface area contributed by atoms with Crippen molar-refractivity contribution in [1.29, 1.82) is 0 Å². The number of amides is 1. The van der Waals surface area contributed by atoms with Gasteiger partial charge in [0.25, 0.3) is 0 Å². The van der Waals surface area contributed by atoms with Gasteiger partial charge in [-0.1, -0.05) is 28.1 Å². The minimum atomic E-state index is -0.607. The number of Topliss-reactive ketones (excluding diaryl/α,β-unsaturated/α-hetero) is 1. The van der Waals surface area contributed by atoms with Gasteiger partial charge in [-0.25, -0.2) is 9.07 Å². The molecule has 4 rings (SSSR count). The highest BCUT2D eigenvalue weighted by atomic mass is 79.9. The fourth-order valence-corrected chi connectivity index (χ4v) is 3.62. The Morgan fingerprint density at radius 3 is 2.52 bits per heavy atom. The van der Waals surface area contributed by atoms with Crippen LogP contribution in [0.15, 0.2) is 53.0 Å². The van der Waals surface area contributed by atoms with Crippen molar-refractivity contribution in [3.05, 3.63) is 75.6 Å². The van der Waals surface area contributed by atoms with Crippen molar-refractivity contribution >= 4 is 33.4 Å². The first kappa shape index (κ1) is 17.6. The minimum Gasteiger partial charge on any atom is -0.310 e. The molecule has 1 aromatic heterocycles. The molecule has 5 nitrogen and oxygen atoms in total. The highest BCUT2D eigenvalue weighted by molar-refractivity contribution is 9.10. The maximum atomic E-state index is 13.2. The van der Waals surface area contributed by atoms with Crippen molar-refractivity contribution in [2.45, 2.75) is 19.3 Å².